The fraction of sp³-hybridized carbons (Fsp3) is 0.300. The van der Waals surface area contributed by atoms with E-state index in [1.54, 1.807) is 0 Å². The first-order valence-corrected chi connectivity index (χ1v) is 6.51. The van der Waals surface area contributed by atoms with Gasteiger partial charge >= 0.3 is 0 Å². The van der Waals surface area contributed by atoms with Crippen LogP contribution in [0.2, 0.25) is 0 Å². The van der Waals surface area contributed by atoms with Gasteiger partial charge in [-0.25, -0.2) is 0 Å². The Morgan fingerprint density at radius 2 is 2.13 bits per heavy atom. The van der Waals surface area contributed by atoms with Crippen LogP contribution in [0.4, 0.5) is 0 Å². The fourth-order valence-electron chi connectivity index (χ4n) is 0.834. The van der Waals surface area contributed by atoms with Crippen LogP contribution in [-0.2, 0) is 0 Å². The van der Waals surface area contributed by atoms with Crippen molar-refractivity contribution in [3.8, 4) is 5.75 Å². The van der Waals surface area contributed by atoms with Gasteiger partial charge in [-0.2, -0.15) is 0 Å². The largest absolute Gasteiger partial charge is 0.481 e. The summed E-state index contributed by atoms with van der Waals surface area (Å²) in [5, 5.41) is 0. The molecule has 0 radical (unpaired) electrons. The molecule has 1 aromatic rings. The number of hydrogen-bond donors (Lipinski definition) is 0. The zero-order valence-corrected chi connectivity index (χ0v) is 11.8. The normalized spacial score (nSPS) is 9.80. The number of nitrogens with zero attached hydrogens (tertiary/aromatic N) is 1. The van der Waals surface area contributed by atoms with Gasteiger partial charge in [-0.05, 0) is 28.1 Å². The number of thiocarbonyl (C=S) groups is 1. The minimum Gasteiger partial charge on any atom is -0.481 e. The summed E-state index contributed by atoms with van der Waals surface area (Å²) in [5.41, 5.74) is 0. The number of hydrogen-bond acceptors (Lipinski definition) is 3. The molecule has 0 saturated heterocycles. The van der Waals surface area contributed by atoms with E-state index in [1.165, 1.54) is 11.8 Å². The molecule has 0 spiro atoms. The quantitative estimate of drug-likeness (QED) is 0.627. The average molecular weight is 306 g/mol. The molecule has 0 aliphatic heterocycles. The highest BCUT2D eigenvalue weighted by molar-refractivity contribution is 9.10. The van der Waals surface area contributed by atoms with Gasteiger partial charge in [0.1, 0.15) is 16.0 Å². The molecular weight excluding hydrogens is 294 g/mol. The van der Waals surface area contributed by atoms with Crippen molar-refractivity contribution in [2.45, 2.75) is 0 Å². The van der Waals surface area contributed by atoms with Gasteiger partial charge in [0.25, 0.3) is 0 Å². The van der Waals surface area contributed by atoms with Crippen molar-refractivity contribution < 1.29 is 4.74 Å². The second kappa shape index (κ2) is 6.35. The molecule has 1 aromatic carbocycles. The van der Waals surface area contributed by atoms with E-state index >= 15 is 0 Å². The monoisotopic (exact) mass is 305 g/mol. The molecule has 1 rings (SSSR count). The highest BCUT2D eigenvalue weighted by atomic mass is 79.9. The molecule has 0 atom stereocenters. The van der Waals surface area contributed by atoms with E-state index in [2.05, 4.69) is 15.9 Å². The van der Waals surface area contributed by atoms with E-state index in [9.17, 15) is 0 Å². The zero-order chi connectivity index (χ0) is 11.3. The fourth-order valence-corrected chi connectivity index (χ4v) is 1.92. The molecule has 2 nitrogen and oxygen atoms in total. The number of rotatable bonds is 3. The van der Waals surface area contributed by atoms with Gasteiger partial charge in [-0.15, -0.1) is 0 Å². The average Bonchev–Trinajstić information content (AvgIpc) is 2.20. The topological polar surface area (TPSA) is 12.5 Å². The third-order valence-corrected chi connectivity index (χ3v) is 3.82. The van der Waals surface area contributed by atoms with Crippen LogP contribution < -0.4 is 4.74 Å². The van der Waals surface area contributed by atoms with Gasteiger partial charge in [-0.1, -0.05) is 36.1 Å². The van der Waals surface area contributed by atoms with Gasteiger partial charge < -0.3 is 9.64 Å². The van der Waals surface area contributed by atoms with Crippen molar-refractivity contribution in [1.82, 2.24) is 4.90 Å². The summed E-state index contributed by atoms with van der Waals surface area (Å²) in [5.74, 6) is 1.37. The van der Waals surface area contributed by atoms with Crippen LogP contribution >= 0.6 is 39.9 Å². The lowest BCUT2D eigenvalue weighted by molar-refractivity contribution is 0.391. The van der Waals surface area contributed by atoms with E-state index in [0.29, 0.717) is 5.94 Å². The number of ether oxygens (including phenoxy) is 1. The summed E-state index contributed by atoms with van der Waals surface area (Å²) >= 11 is 10.0. The lowest BCUT2D eigenvalue weighted by Crippen LogP contribution is -2.17. The van der Waals surface area contributed by atoms with Crippen LogP contribution in [0.3, 0.4) is 0 Å². The van der Waals surface area contributed by atoms with Crippen LogP contribution in [0.5, 0.6) is 5.75 Å². The maximum absolute atomic E-state index is 5.56. The Bertz CT molecular complexity index is 344. The zero-order valence-electron chi connectivity index (χ0n) is 8.57. The molecule has 0 heterocycles. The Hall–Kier alpha value is -0.260. The SMILES string of the molecule is CN(C)C(=S)SCOc1ccccc1Br. The maximum Gasteiger partial charge on any atom is 0.140 e. The van der Waals surface area contributed by atoms with Gasteiger partial charge in [0.2, 0.25) is 0 Å². The number of benzene rings is 1. The minimum absolute atomic E-state index is 0.527. The molecule has 0 saturated carbocycles. The summed E-state index contributed by atoms with van der Waals surface area (Å²) in [6.07, 6.45) is 0. The van der Waals surface area contributed by atoms with Crippen LogP contribution in [0.15, 0.2) is 28.7 Å². The van der Waals surface area contributed by atoms with Crippen molar-refractivity contribution in [2.75, 3.05) is 20.0 Å². The second-order valence-corrected chi connectivity index (χ2v) is 5.41. The van der Waals surface area contributed by atoms with E-state index < -0.39 is 0 Å². The molecule has 15 heavy (non-hydrogen) atoms. The Balaban J connectivity index is 2.38. The summed E-state index contributed by atoms with van der Waals surface area (Å²) in [6, 6.07) is 7.76. The first kappa shape index (κ1) is 12.8. The predicted molar refractivity (Wildman–Crippen MR) is 73.5 cm³/mol. The van der Waals surface area contributed by atoms with E-state index in [-0.39, 0.29) is 0 Å². The van der Waals surface area contributed by atoms with Gasteiger partial charge in [0.15, 0.2) is 0 Å². The lowest BCUT2D eigenvalue weighted by atomic mass is 10.3. The molecule has 0 aliphatic rings. The highest BCUT2D eigenvalue weighted by Crippen LogP contribution is 2.24. The maximum atomic E-state index is 5.56. The summed E-state index contributed by atoms with van der Waals surface area (Å²) in [7, 11) is 3.85. The number of thioether (sulfide) groups is 1. The van der Waals surface area contributed by atoms with Crippen molar-refractivity contribution in [3.05, 3.63) is 28.7 Å². The smallest absolute Gasteiger partial charge is 0.140 e. The van der Waals surface area contributed by atoms with Crippen LogP contribution in [0.1, 0.15) is 0 Å². The lowest BCUT2D eigenvalue weighted by Gasteiger charge is -2.13. The molecule has 0 unspecified atom stereocenters. The van der Waals surface area contributed by atoms with Crippen LogP contribution in [0.25, 0.3) is 0 Å². The van der Waals surface area contributed by atoms with Crippen molar-refractivity contribution in [3.63, 3.8) is 0 Å². The molecule has 0 amide bonds. The third kappa shape index (κ3) is 4.40. The molecule has 0 aromatic heterocycles. The Morgan fingerprint density at radius 3 is 2.73 bits per heavy atom. The third-order valence-electron chi connectivity index (χ3n) is 1.60. The van der Waals surface area contributed by atoms with Crippen molar-refractivity contribution >= 4 is 44.2 Å². The highest BCUT2D eigenvalue weighted by Gasteiger charge is 2.02. The summed E-state index contributed by atoms with van der Waals surface area (Å²) in [6.45, 7) is 0. The Morgan fingerprint density at radius 1 is 1.47 bits per heavy atom. The van der Waals surface area contributed by atoms with E-state index in [1.807, 2.05) is 43.3 Å². The van der Waals surface area contributed by atoms with Gasteiger partial charge in [0, 0.05) is 14.1 Å². The first-order chi connectivity index (χ1) is 7.11. The van der Waals surface area contributed by atoms with Crippen molar-refractivity contribution in [1.29, 1.82) is 0 Å². The predicted octanol–water partition coefficient (Wildman–Crippen LogP) is 3.37. The van der Waals surface area contributed by atoms with E-state index in [0.717, 1.165) is 14.5 Å². The van der Waals surface area contributed by atoms with Crippen molar-refractivity contribution in [2.24, 2.45) is 0 Å². The molecule has 5 heteroatoms. The van der Waals surface area contributed by atoms with Crippen LogP contribution in [0, 0.1) is 0 Å². The first-order valence-electron chi connectivity index (χ1n) is 4.32. The van der Waals surface area contributed by atoms with Gasteiger partial charge in [0.05, 0.1) is 4.47 Å². The van der Waals surface area contributed by atoms with E-state index in [4.69, 9.17) is 17.0 Å². The number of halogens is 1. The summed E-state index contributed by atoms with van der Waals surface area (Å²) in [4.78, 5) is 1.89. The Kier molecular flexibility index (Phi) is 5.42. The minimum atomic E-state index is 0.527. The number of para-hydroxylation sites is 1. The standard InChI is InChI=1S/C10H12BrNOS2/c1-12(2)10(14)15-7-13-9-6-4-3-5-8(9)11/h3-6H,7H2,1-2H3. The van der Waals surface area contributed by atoms with Crippen LogP contribution in [-0.4, -0.2) is 29.3 Å². The Labute approximate surface area is 108 Å². The molecule has 0 N–H and O–H groups in total. The molecule has 0 fully saturated rings. The molecule has 82 valence electrons. The molecule has 0 aliphatic carbocycles. The molecule has 0 bridgehead atoms. The molecular formula is C10H12BrNOS2. The van der Waals surface area contributed by atoms with Gasteiger partial charge in [-0.3, -0.25) is 0 Å². The summed E-state index contributed by atoms with van der Waals surface area (Å²) < 4.78 is 7.34. The second-order valence-electron chi connectivity index (χ2n) is 3.00.